The summed E-state index contributed by atoms with van der Waals surface area (Å²) in [5.41, 5.74) is 0. The van der Waals surface area contributed by atoms with Gasteiger partial charge in [0, 0.05) is 12.1 Å². The molecule has 1 saturated heterocycles. The van der Waals surface area contributed by atoms with Crippen LogP contribution in [0.25, 0.3) is 0 Å². The second-order valence-electron chi connectivity index (χ2n) is 4.73. The maximum absolute atomic E-state index is 2.73. The van der Waals surface area contributed by atoms with Gasteiger partial charge in [0.1, 0.15) is 0 Å². The highest BCUT2D eigenvalue weighted by atomic mass is 15.2. The van der Waals surface area contributed by atoms with Crippen LogP contribution in [0.3, 0.4) is 0 Å². The fourth-order valence-electron chi connectivity index (χ4n) is 3.08. The van der Waals surface area contributed by atoms with E-state index in [4.69, 9.17) is 0 Å². The van der Waals surface area contributed by atoms with Crippen LogP contribution in [0.5, 0.6) is 0 Å². The summed E-state index contributed by atoms with van der Waals surface area (Å²) < 4.78 is 0. The zero-order valence-corrected chi connectivity index (χ0v) is 8.42. The van der Waals surface area contributed by atoms with Gasteiger partial charge in [0.15, 0.2) is 0 Å². The van der Waals surface area contributed by atoms with E-state index in [0.29, 0.717) is 0 Å². The van der Waals surface area contributed by atoms with Crippen molar-refractivity contribution in [1.82, 2.24) is 4.90 Å². The lowest BCUT2D eigenvalue weighted by molar-refractivity contribution is 0.149. The monoisotopic (exact) mass is 167 g/mol. The summed E-state index contributed by atoms with van der Waals surface area (Å²) in [6, 6.07) is 1.73. The van der Waals surface area contributed by atoms with Crippen molar-refractivity contribution < 1.29 is 0 Å². The van der Waals surface area contributed by atoms with Crippen molar-refractivity contribution in [3.63, 3.8) is 0 Å². The molecule has 2 rings (SSSR count). The van der Waals surface area contributed by atoms with Gasteiger partial charge in [-0.05, 0) is 45.6 Å². The molecule has 1 saturated carbocycles. The quantitative estimate of drug-likeness (QED) is 0.580. The SMILES string of the molecule is CC(C)N1CC[C@@H]2CCCC[C@@H]21. The van der Waals surface area contributed by atoms with E-state index in [-0.39, 0.29) is 0 Å². The average molecular weight is 167 g/mol. The van der Waals surface area contributed by atoms with Crippen LogP contribution in [0.1, 0.15) is 46.0 Å². The molecule has 0 aromatic heterocycles. The van der Waals surface area contributed by atoms with Crippen molar-refractivity contribution in [3.05, 3.63) is 0 Å². The Morgan fingerprint density at radius 1 is 1.08 bits per heavy atom. The molecule has 70 valence electrons. The first-order valence-corrected chi connectivity index (χ1v) is 5.55. The Morgan fingerprint density at radius 2 is 1.83 bits per heavy atom. The maximum atomic E-state index is 2.73. The van der Waals surface area contributed by atoms with Crippen molar-refractivity contribution in [1.29, 1.82) is 0 Å². The summed E-state index contributed by atoms with van der Waals surface area (Å²) in [6.07, 6.45) is 7.43. The van der Waals surface area contributed by atoms with Gasteiger partial charge in [-0.2, -0.15) is 0 Å². The Bertz CT molecular complexity index is 153. The standard InChI is InChI=1S/C11H21N/c1-9(2)12-8-7-10-5-3-4-6-11(10)12/h9-11H,3-8H2,1-2H3/t10-,11-/m0/s1. The highest BCUT2D eigenvalue weighted by molar-refractivity contribution is 4.90. The smallest absolute Gasteiger partial charge is 0.0127 e. The van der Waals surface area contributed by atoms with Gasteiger partial charge in [-0.1, -0.05) is 12.8 Å². The van der Waals surface area contributed by atoms with Gasteiger partial charge in [0.2, 0.25) is 0 Å². The molecule has 1 aliphatic carbocycles. The van der Waals surface area contributed by atoms with Gasteiger partial charge in [0.05, 0.1) is 0 Å². The highest BCUT2D eigenvalue weighted by Crippen LogP contribution is 2.36. The third-order valence-corrected chi connectivity index (χ3v) is 3.72. The fraction of sp³-hybridized carbons (Fsp3) is 1.00. The van der Waals surface area contributed by atoms with E-state index in [1.165, 1.54) is 38.6 Å². The summed E-state index contributed by atoms with van der Waals surface area (Å²) in [5.74, 6) is 1.06. The Morgan fingerprint density at radius 3 is 2.58 bits per heavy atom. The number of hydrogen-bond acceptors (Lipinski definition) is 1. The van der Waals surface area contributed by atoms with Crippen LogP contribution in [0.4, 0.5) is 0 Å². The molecule has 12 heavy (non-hydrogen) atoms. The number of hydrogen-bond donors (Lipinski definition) is 0. The van der Waals surface area contributed by atoms with Crippen LogP contribution in [-0.2, 0) is 0 Å². The number of likely N-dealkylation sites (tertiary alicyclic amines) is 1. The molecular formula is C11H21N. The first-order chi connectivity index (χ1) is 5.79. The van der Waals surface area contributed by atoms with Crippen LogP contribution in [0, 0.1) is 5.92 Å². The molecule has 1 heterocycles. The topological polar surface area (TPSA) is 3.24 Å². The summed E-state index contributed by atoms with van der Waals surface area (Å²) in [5, 5.41) is 0. The second kappa shape index (κ2) is 3.37. The molecule has 0 amide bonds. The first-order valence-electron chi connectivity index (χ1n) is 5.55. The van der Waals surface area contributed by atoms with E-state index < -0.39 is 0 Å². The lowest BCUT2D eigenvalue weighted by Gasteiger charge is -2.34. The minimum atomic E-state index is 0.776. The lowest BCUT2D eigenvalue weighted by Crippen LogP contribution is -2.39. The van der Waals surface area contributed by atoms with E-state index in [1.807, 2.05) is 0 Å². The molecule has 0 radical (unpaired) electrons. The van der Waals surface area contributed by atoms with E-state index in [1.54, 1.807) is 0 Å². The van der Waals surface area contributed by atoms with Gasteiger partial charge < -0.3 is 0 Å². The molecule has 0 aromatic rings. The Labute approximate surface area is 76.1 Å². The van der Waals surface area contributed by atoms with Gasteiger partial charge in [-0.3, -0.25) is 4.90 Å². The highest BCUT2D eigenvalue weighted by Gasteiger charge is 2.36. The van der Waals surface area contributed by atoms with Gasteiger partial charge in [-0.15, -0.1) is 0 Å². The molecular weight excluding hydrogens is 146 g/mol. The number of fused-ring (bicyclic) bond motifs is 1. The van der Waals surface area contributed by atoms with Crippen molar-refractivity contribution in [2.75, 3.05) is 6.54 Å². The molecule has 1 heteroatoms. The average Bonchev–Trinajstić information content (AvgIpc) is 2.47. The second-order valence-corrected chi connectivity index (χ2v) is 4.73. The fourth-order valence-corrected chi connectivity index (χ4v) is 3.08. The van der Waals surface area contributed by atoms with Crippen molar-refractivity contribution in [2.45, 2.75) is 58.0 Å². The molecule has 1 nitrogen and oxygen atoms in total. The van der Waals surface area contributed by atoms with Gasteiger partial charge >= 0.3 is 0 Å². The molecule has 2 atom stereocenters. The van der Waals surface area contributed by atoms with Crippen molar-refractivity contribution in [3.8, 4) is 0 Å². The van der Waals surface area contributed by atoms with Crippen molar-refractivity contribution >= 4 is 0 Å². The molecule has 0 aromatic carbocycles. The van der Waals surface area contributed by atoms with Gasteiger partial charge in [-0.25, -0.2) is 0 Å². The molecule has 2 fully saturated rings. The van der Waals surface area contributed by atoms with Crippen LogP contribution in [0.15, 0.2) is 0 Å². The summed E-state index contributed by atoms with van der Waals surface area (Å²) in [6.45, 7) is 6.06. The van der Waals surface area contributed by atoms with E-state index in [2.05, 4.69) is 18.7 Å². The van der Waals surface area contributed by atoms with E-state index >= 15 is 0 Å². The Kier molecular flexibility index (Phi) is 2.40. The predicted octanol–water partition coefficient (Wildman–Crippen LogP) is 2.66. The Hall–Kier alpha value is -0.0400. The minimum Gasteiger partial charge on any atom is -0.298 e. The van der Waals surface area contributed by atoms with E-state index in [0.717, 1.165) is 18.0 Å². The molecule has 0 N–H and O–H groups in total. The largest absolute Gasteiger partial charge is 0.298 e. The summed E-state index contributed by atoms with van der Waals surface area (Å²) in [4.78, 5) is 2.73. The lowest BCUT2D eigenvalue weighted by atomic mass is 9.85. The maximum Gasteiger partial charge on any atom is 0.0127 e. The molecule has 0 spiro atoms. The van der Waals surface area contributed by atoms with Crippen molar-refractivity contribution in [2.24, 2.45) is 5.92 Å². The predicted molar refractivity (Wildman–Crippen MR) is 52.2 cm³/mol. The first kappa shape index (κ1) is 8.55. The summed E-state index contributed by atoms with van der Waals surface area (Å²) >= 11 is 0. The third kappa shape index (κ3) is 1.39. The third-order valence-electron chi connectivity index (χ3n) is 3.72. The number of nitrogens with zero attached hydrogens (tertiary/aromatic N) is 1. The van der Waals surface area contributed by atoms with Crippen LogP contribution in [-0.4, -0.2) is 23.5 Å². The minimum absolute atomic E-state index is 0.776. The van der Waals surface area contributed by atoms with Crippen LogP contribution >= 0.6 is 0 Å². The summed E-state index contributed by atoms with van der Waals surface area (Å²) in [7, 11) is 0. The van der Waals surface area contributed by atoms with E-state index in [9.17, 15) is 0 Å². The molecule has 1 aliphatic heterocycles. The van der Waals surface area contributed by atoms with Crippen LogP contribution in [0.2, 0.25) is 0 Å². The number of rotatable bonds is 1. The van der Waals surface area contributed by atoms with Crippen LogP contribution < -0.4 is 0 Å². The van der Waals surface area contributed by atoms with Gasteiger partial charge in [0.25, 0.3) is 0 Å². The Balaban J connectivity index is 2.01. The molecule has 2 aliphatic rings. The normalized spacial score (nSPS) is 37.2. The zero-order valence-electron chi connectivity index (χ0n) is 8.42. The molecule has 0 bridgehead atoms. The molecule has 0 unspecified atom stereocenters. The zero-order chi connectivity index (χ0) is 8.55.